The van der Waals surface area contributed by atoms with E-state index in [1.54, 1.807) is 44.2 Å². The molecular formula is C11H16ClO4P2-. The van der Waals surface area contributed by atoms with Crippen molar-refractivity contribution in [1.82, 2.24) is 0 Å². The smallest absolute Gasteiger partial charge is 0.195 e. The van der Waals surface area contributed by atoms with E-state index in [-0.39, 0.29) is 13.2 Å². The fourth-order valence-electron chi connectivity index (χ4n) is 1.34. The van der Waals surface area contributed by atoms with Gasteiger partial charge in [-0.05, 0) is 19.2 Å². The van der Waals surface area contributed by atoms with Gasteiger partial charge in [0.25, 0.3) is 0 Å². The van der Waals surface area contributed by atoms with E-state index < -0.39 is 14.1 Å². The minimum absolute atomic E-state index is 0.194. The molecule has 1 rings (SSSR count). The van der Waals surface area contributed by atoms with Crippen LogP contribution in [-0.4, -0.2) is 13.2 Å². The van der Waals surface area contributed by atoms with Crippen molar-refractivity contribution >= 4 is 30.6 Å². The maximum Gasteiger partial charge on any atom is 0.195 e. The maximum absolute atomic E-state index is 12.4. The molecule has 102 valence electrons. The minimum atomic E-state index is -3.53. The largest absolute Gasteiger partial charge is 0.335 e. The zero-order valence-corrected chi connectivity index (χ0v) is 12.8. The molecule has 1 unspecified atom stereocenters. The SMILES string of the molecule is CCOP(=O)([CH-]P(=O)(Cl)c1ccccc1)OCC. The number of hydrogen-bond donors (Lipinski definition) is 0. The van der Waals surface area contributed by atoms with Crippen molar-refractivity contribution in [2.75, 3.05) is 13.2 Å². The van der Waals surface area contributed by atoms with Gasteiger partial charge in [0.15, 0.2) is 7.60 Å². The van der Waals surface area contributed by atoms with Crippen molar-refractivity contribution < 1.29 is 18.2 Å². The third kappa shape index (κ3) is 4.53. The van der Waals surface area contributed by atoms with Gasteiger partial charge in [0.1, 0.15) is 0 Å². The number of halogens is 1. The van der Waals surface area contributed by atoms with E-state index in [4.69, 9.17) is 20.3 Å². The molecule has 0 radical (unpaired) electrons. The Morgan fingerprint density at radius 2 is 1.61 bits per heavy atom. The number of rotatable bonds is 7. The second kappa shape index (κ2) is 6.88. The maximum atomic E-state index is 12.4. The van der Waals surface area contributed by atoms with Gasteiger partial charge in [-0.15, -0.1) is 5.90 Å². The summed E-state index contributed by atoms with van der Waals surface area (Å²) in [6.45, 7) is 0.360. The Labute approximate surface area is 112 Å². The Balaban J connectivity index is 2.93. The zero-order chi connectivity index (χ0) is 13.6. The van der Waals surface area contributed by atoms with Crippen molar-refractivity contribution in [2.45, 2.75) is 13.8 Å². The summed E-state index contributed by atoms with van der Waals surface area (Å²) in [5.74, 6) is 1.02. The van der Waals surface area contributed by atoms with E-state index in [0.29, 0.717) is 5.30 Å². The summed E-state index contributed by atoms with van der Waals surface area (Å²) in [4.78, 5) is 0. The molecular weight excluding hydrogens is 294 g/mol. The average Bonchev–Trinajstić information content (AvgIpc) is 2.29. The van der Waals surface area contributed by atoms with E-state index in [0.717, 1.165) is 5.90 Å². The van der Waals surface area contributed by atoms with Gasteiger partial charge >= 0.3 is 0 Å². The topological polar surface area (TPSA) is 52.6 Å². The van der Waals surface area contributed by atoms with Crippen molar-refractivity contribution in [3.8, 4) is 0 Å². The minimum Gasteiger partial charge on any atom is -0.335 e. The van der Waals surface area contributed by atoms with Gasteiger partial charge < -0.3 is 13.6 Å². The number of benzene rings is 1. The van der Waals surface area contributed by atoms with Crippen LogP contribution < -0.4 is 5.30 Å². The Morgan fingerprint density at radius 3 is 2.06 bits per heavy atom. The molecule has 0 amide bonds. The van der Waals surface area contributed by atoms with Gasteiger partial charge in [-0.25, -0.2) is 0 Å². The molecule has 1 aromatic rings. The van der Waals surface area contributed by atoms with Crippen LogP contribution in [0, 0.1) is 5.90 Å². The van der Waals surface area contributed by atoms with Crippen molar-refractivity contribution in [3.05, 3.63) is 36.2 Å². The summed E-state index contributed by atoms with van der Waals surface area (Å²) in [5.41, 5.74) is 0. The van der Waals surface area contributed by atoms with Crippen LogP contribution in [0.4, 0.5) is 0 Å². The molecule has 0 bridgehead atoms. The summed E-state index contributed by atoms with van der Waals surface area (Å²) in [6.07, 6.45) is 0. The van der Waals surface area contributed by atoms with E-state index in [2.05, 4.69) is 0 Å². The Bertz CT molecular complexity index is 453. The fourth-order valence-corrected chi connectivity index (χ4v) is 6.54. The van der Waals surface area contributed by atoms with Crippen LogP contribution in [-0.2, 0) is 18.2 Å². The molecule has 7 heteroatoms. The molecule has 0 saturated carbocycles. The molecule has 1 atom stereocenters. The first kappa shape index (κ1) is 15.9. The predicted octanol–water partition coefficient (Wildman–Crippen LogP) is 4.21. The van der Waals surface area contributed by atoms with Crippen molar-refractivity contribution in [3.63, 3.8) is 0 Å². The highest BCUT2D eigenvalue weighted by molar-refractivity contribution is 8.02. The first-order chi connectivity index (χ1) is 8.43. The summed E-state index contributed by atoms with van der Waals surface area (Å²) >= 11 is 5.99. The van der Waals surface area contributed by atoms with Gasteiger partial charge in [0.2, 0.25) is 0 Å². The molecule has 0 N–H and O–H groups in total. The first-order valence-electron chi connectivity index (χ1n) is 5.54. The van der Waals surface area contributed by atoms with E-state index >= 15 is 0 Å². The molecule has 0 fully saturated rings. The summed E-state index contributed by atoms with van der Waals surface area (Å²) in [6, 6.07) is 8.44. The summed E-state index contributed by atoms with van der Waals surface area (Å²) in [7, 11) is -3.53. The van der Waals surface area contributed by atoms with Gasteiger partial charge in [0, 0.05) is 0 Å². The van der Waals surface area contributed by atoms with Crippen LogP contribution in [0.15, 0.2) is 30.3 Å². The van der Waals surface area contributed by atoms with Crippen LogP contribution in [0.3, 0.4) is 0 Å². The van der Waals surface area contributed by atoms with Crippen LogP contribution in [0.25, 0.3) is 0 Å². The zero-order valence-electron chi connectivity index (χ0n) is 10.3. The lowest BCUT2D eigenvalue weighted by Crippen LogP contribution is -2.03. The molecule has 0 heterocycles. The van der Waals surface area contributed by atoms with Gasteiger partial charge in [-0.2, -0.15) is 0 Å². The van der Waals surface area contributed by atoms with Gasteiger partial charge in [-0.1, -0.05) is 41.6 Å². The van der Waals surface area contributed by atoms with Gasteiger partial charge in [0.05, 0.1) is 19.7 Å². The van der Waals surface area contributed by atoms with Crippen LogP contribution in [0.5, 0.6) is 0 Å². The highest BCUT2D eigenvalue weighted by Crippen LogP contribution is 2.69. The summed E-state index contributed by atoms with van der Waals surface area (Å²) < 4.78 is 34.7. The quantitative estimate of drug-likeness (QED) is 0.559. The standard InChI is InChI=1S/C11H16ClO4P2/c1-3-15-18(14,16-4-2)10-17(12,13)11-8-6-5-7-9-11/h5-10H,3-4H2,1-2H3/q-1. The molecule has 0 aromatic heterocycles. The third-order valence-corrected chi connectivity index (χ3v) is 7.95. The second-order valence-electron chi connectivity index (χ2n) is 3.40. The third-order valence-electron chi connectivity index (χ3n) is 2.02. The lowest BCUT2D eigenvalue weighted by atomic mass is 10.4. The lowest BCUT2D eigenvalue weighted by Gasteiger charge is -2.29. The van der Waals surface area contributed by atoms with E-state index in [9.17, 15) is 9.13 Å². The highest BCUT2D eigenvalue weighted by atomic mass is 35.7. The lowest BCUT2D eigenvalue weighted by molar-refractivity contribution is 0.227. The Kier molecular flexibility index (Phi) is 6.10. The highest BCUT2D eigenvalue weighted by Gasteiger charge is 2.24. The average molecular weight is 310 g/mol. The summed E-state index contributed by atoms with van der Waals surface area (Å²) in [5, 5.41) is 0.409. The molecule has 0 aliphatic heterocycles. The molecule has 4 nitrogen and oxygen atoms in total. The molecule has 0 aliphatic carbocycles. The molecule has 0 saturated heterocycles. The van der Waals surface area contributed by atoms with E-state index in [1.807, 2.05) is 0 Å². The van der Waals surface area contributed by atoms with Crippen LogP contribution in [0.1, 0.15) is 13.8 Å². The number of hydrogen-bond acceptors (Lipinski definition) is 4. The molecule has 1 aromatic carbocycles. The van der Waals surface area contributed by atoms with E-state index in [1.165, 1.54) is 0 Å². The van der Waals surface area contributed by atoms with Gasteiger partial charge in [-0.3, -0.25) is 4.57 Å². The normalized spacial score (nSPS) is 15.3. The first-order valence-corrected chi connectivity index (χ1v) is 9.83. The van der Waals surface area contributed by atoms with Crippen LogP contribution in [0.2, 0.25) is 0 Å². The second-order valence-corrected chi connectivity index (χ2v) is 9.10. The van der Waals surface area contributed by atoms with Crippen molar-refractivity contribution in [1.29, 1.82) is 0 Å². The predicted molar refractivity (Wildman–Crippen MR) is 74.7 cm³/mol. The molecule has 18 heavy (non-hydrogen) atoms. The van der Waals surface area contributed by atoms with Crippen LogP contribution >= 0.6 is 25.3 Å². The monoisotopic (exact) mass is 309 g/mol. The fraction of sp³-hybridized carbons (Fsp3) is 0.364. The van der Waals surface area contributed by atoms with Crippen molar-refractivity contribution in [2.24, 2.45) is 0 Å². The molecule has 0 spiro atoms. The Morgan fingerprint density at radius 1 is 1.11 bits per heavy atom. The molecule has 0 aliphatic rings. The Hall–Kier alpha value is -0.110.